The van der Waals surface area contributed by atoms with Crippen molar-refractivity contribution in [1.29, 1.82) is 0 Å². The van der Waals surface area contributed by atoms with Gasteiger partial charge in [-0.2, -0.15) is 0 Å². The number of nitro groups is 1. The third-order valence-electron chi connectivity index (χ3n) is 3.13. The molecule has 1 aromatic rings. The van der Waals surface area contributed by atoms with Crippen LogP contribution >= 0.6 is 0 Å². The fourth-order valence-electron chi connectivity index (χ4n) is 2.05. The van der Waals surface area contributed by atoms with Crippen molar-refractivity contribution in [3.8, 4) is 0 Å². The molecule has 1 heterocycles. The van der Waals surface area contributed by atoms with Gasteiger partial charge >= 0.3 is 12.0 Å². The van der Waals surface area contributed by atoms with Crippen LogP contribution in [-0.4, -0.2) is 40.0 Å². The average Bonchev–Trinajstić information content (AvgIpc) is 2.88. The van der Waals surface area contributed by atoms with Gasteiger partial charge in [0.25, 0.3) is 5.69 Å². The van der Waals surface area contributed by atoms with Crippen LogP contribution in [-0.2, 0) is 4.79 Å². The van der Waals surface area contributed by atoms with Crippen LogP contribution < -0.4 is 5.32 Å². The summed E-state index contributed by atoms with van der Waals surface area (Å²) in [5, 5.41) is 22.0. The molecule has 1 fully saturated rings. The molecule has 0 saturated carbocycles. The lowest BCUT2D eigenvalue weighted by Crippen LogP contribution is -2.33. The number of benzene rings is 1. The SMILES string of the molecule is O=C(O)C1CCN(C(=O)Nc2cccc([N+](=O)[O-])c2)C1. The fraction of sp³-hybridized carbons (Fsp3) is 0.333. The first-order chi connectivity index (χ1) is 9.47. The van der Waals surface area contributed by atoms with Crippen molar-refractivity contribution in [3.05, 3.63) is 34.4 Å². The molecule has 0 aliphatic carbocycles. The summed E-state index contributed by atoms with van der Waals surface area (Å²) in [6, 6.07) is 5.14. The molecule has 0 spiro atoms. The number of carbonyl (C=O) groups is 2. The topological polar surface area (TPSA) is 113 Å². The van der Waals surface area contributed by atoms with E-state index < -0.39 is 22.8 Å². The zero-order valence-electron chi connectivity index (χ0n) is 10.5. The van der Waals surface area contributed by atoms with Crippen LogP contribution in [0.1, 0.15) is 6.42 Å². The Labute approximate surface area is 114 Å². The van der Waals surface area contributed by atoms with E-state index in [4.69, 9.17) is 5.11 Å². The van der Waals surface area contributed by atoms with Crippen LogP contribution in [0.25, 0.3) is 0 Å². The first kappa shape index (κ1) is 13.8. The van der Waals surface area contributed by atoms with E-state index >= 15 is 0 Å². The van der Waals surface area contributed by atoms with Gasteiger partial charge in [0.1, 0.15) is 0 Å². The number of hydrogen-bond donors (Lipinski definition) is 2. The van der Waals surface area contributed by atoms with Crippen molar-refractivity contribution >= 4 is 23.4 Å². The monoisotopic (exact) mass is 279 g/mol. The highest BCUT2D eigenvalue weighted by atomic mass is 16.6. The number of anilines is 1. The number of likely N-dealkylation sites (tertiary alicyclic amines) is 1. The summed E-state index contributed by atoms with van der Waals surface area (Å²) in [5.41, 5.74) is 0.190. The Bertz CT molecular complexity index is 560. The number of nitro benzene ring substituents is 1. The second-order valence-corrected chi connectivity index (χ2v) is 4.51. The van der Waals surface area contributed by atoms with Crippen LogP contribution in [0.4, 0.5) is 16.2 Å². The first-order valence-corrected chi connectivity index (χ1v) is 6.00. The Kier molecular flexibility index (Phi) is 3.83. The number of carbonyl (C=O) groups excluding carboxylic acids is 1. The zero-order valence-corrected chi connectivity index (χ0v) is 10.5. The maximum atomic E-state index is 11.9. The van der Waals surface area contributed by atoms with Crippen molar-refractivity contribution in [3.63, 3.8) is 0 Å². The lowest BCUT2D eigenvalue weighted by atomic mass is 10.1. The van der Waals surface area contributed by atoms with Gasteiger partial charge in [-0.05, 0) is 12.5 Å². The first-order valence-electron chi connectivity index (χ1n) is 6.00. The molecular formula is C12H13N3O5. The molecule has 2 N–H and O–H groups in total. The zero-order chi connectivity index (χ0) is 14.7. The number of nitrogens with zero attached hydrogens (tertiary/aromatic N) is 2. The molecule has 2 rings (SSSR count). The summed E-state index contributed by atoms with van der Waals surface area (Å²) in [7, 11) is 0. The Morgan fingerprint density at radius 2 is 2.20 bits per heavy atom. The number of hydrogen-bond acceptors (Lipinski definition) is 4. The van der Waals surface area contributed by atoms with Crippen LogP contribution in [0.3, 0.4) is 0 Å². The summed E-state index contributed by atoms with van der Waals surface area (Å²) >= 11 is 0. The molecule has 0 bridgehead atoms. The number of aliphatic carboxylic acids is 1. The fourth-order valence-corrected chi connectivity index (χ4v) is 2.05. The standard InChI is InChI=1S/C12H13N3O5/c16-11(17)8-4-5-14(7-8)12(18)13-9-2-1-3-10(6-9)15(19)20/h1-3,6,8H,4-5,7H2,(H,13,18)(H,16,17). The van der Waals surface area contributed by atoms with E-state index in [1.807, 2.05) is 0 Å². The van der Waals surface area contributed by atoms with Gasteiger partial charge < -0.3 is 15.3 Å². The number of carboxylic acid groups (broad SMARTS) is 1. The van der Waals surface area contributed by atoms with Gasteiger partial charge in [0.05, 0.1) is 10.8 Å². The number of rotatable bonds is 3. The summed E-state index contributed by atoms with van der Waals surface area (Å²) in [6.07, 6.45) is 0.414. The van der Waals surface area contributed by atoms with Crippen LogP contribution in [0, 0.1) is 16.0 Å². The molecule has 20 heavy (non-hydrogen) atoms. The summed E-state index contributed by atoms with van der Waals surface area (Å²) in [5.74, 6) is -1.47. The van der Waals surface area contributed by atoms with Gasteiger partial charge in [-0.15, -0.1) is 0 Å². The summed E-state index contributed by atoms with van der Waals surface area (Å²) in [4.78, 5) is 34.2. The lowest BCUT2D eigenvalue weighted by Gasteiger charge is -2.16. The Morgan fingerprint density at radius 3 is 2.80 bits per heavy atom. The van der Waals surface area contributed by atoms with E-state index in [0.29, 0.717) is 18.7 Å². The molecule has 1 aliphatic rings. The van der Waals surface area contributed by atoms with Crippen molar-refractivity contribution in [2.45, 2.75) is 6.42 Å². The van der Waals surface area contributed by atoms with E-state index in [9.17, 15) is 19.7 Å². The highest BCUT2D eigenvalue weighted by molar-refractivity contribution is 5.90. The van der Waals surface area contributed by atoms with E-state index in [1.165, 1.54) is 29.2 Å². The second kappa shape index (κ2) is 5.55. The Balaban J connectivity index is 2.00. The maximum Gasteiger partial charge on any atom is 0.321 e. The largest absolute Gasteiger partial charge is 0.481 e. The molecule has 8 nitrogen and oxygen atoms in total. The number of urea groups is 1. The third-order valence-corrected chi connectivity index (χ3v) is 3.13. The molecule has 8 heteroatoms. The molecular weight excluding hydrogens is 266 g/mol. The van der Waals surface area contributed by atoms with Crippen molar-refractivity contribution in [2.75, 3.05) is 18.4 Å². The summed E-state index contributed by atoms with van der Waals surface area (Å²) in [6.45, 7) is 0.508. The number of carboxylic acids is 1. The van der Waals surface area contributed by atoms with Crippen molar-refractivity contribution < 1.29 is 19.6 Å². The Hall–Kier alpha value is -2.64. The van der Waals surface area contributed by atoms with Crippen LogP contribution in [0.15, 0.2) is 24.3 Å². The molecule has 1 saturated heterocycles. The number of non-ortho nitro benzene ring substituents is 1. The van der Waals surface area contributed by atoms with Gasteiger partial charge in [-0.1, -0.05) is 6.07 Å². The molecule has 0 aromatic heterocycles. The number of nitrogens with one attached hydrogen (secondary N) is 1. The van der Waals surface area contributed by atoms with Crippen molar-refractivity contribution in [1.82, 2.24) is 4.90 Å². The van der Waals surface area contributed by atoms with Crippen LogP contribution in [0.5, 0.6) is 0 Å². The van der Waals surface area contributed by atoms with Crippen LogP contribution in [0.2, 0.25) is 0 Å². The van der Waals surface area contributed by atoms with E-state index in [-0.39, 0.29) is 12.2 Å². The smallest absolute Gasteiger partial charge is 0.321 e. The molecule has 1 aromatic carbocycles. The molecule has 1 atom stereocenters. The molecule has 1 unspecified atom stereocenters. The molecule has 2 amide bonds. The highest BCUT2D eigenvalue weighted by Crippen LogP contribution is 2.20. The minimum atomic E-state index is -0.921. The Morgan fingerprint density at radius 1 is 1.45 bits per heavy atom. The predicted octanol–water partition coefficient (Wildman–Crippen LogP) is 1.53. The maximum absolute atomic E-state index is 11.9. The predicted molar refractivity (Wildman–Crippen MR) is 69.4 cm³/mol. The second-order valence-electron chi connectivity index (χ2n) is 4.51. The third kappa shape index (κ3) is 3.02. The molecule has 0 radical (unpaired) electrons. The van der Waals surface area contributed by atoms with E-state index in [0.717, 1.165) is 0 Å². The minimum absolute atomic E-state index is 0.118. The molecule has 106 valence electrons. The van der Waals surface area contributed by atoms with Gasteiger partial charge in [0.15, 0.2) is 0 Å². The quantitative estimate of drug-likeness (QED) is 0.643. The van der Waals surface area contributed by atoms with Gasteiger partial charge in [-0.25, -0.2) is 4.79 Å². The average molecular weight is 279 g/mol. The normalized spacial score (nSPS) is 17.8. The highest BCUT2D eigenvalue weighted by Gasteiger charge is 2.30. The van der Waals surface area contributed by atoms with E-state index in [1.54, 1.807) is 0 Å². The van der Waals surface area contributed by atoms with Gasteiger partial charge in [0, 0.05) is 30.9 Å². The van der Waals surface area contributed by atoms with E-state index in [2.05, 4.69) is 5.32 Å². The number of amides is 2. The minimum Gasteiger partial charge on any atom is -0.481 e. The van der Waals surface area contributed by atoms with Gasteiger partial charge in [0.2, 0.25) is 0 Å². The summed E-state index contributed by atoms with van der Waals surface area (Å²) < 4.78 is 0. The molecule has 1 aliphatic heterocycles. The lowest BCUT2D eigenvalue weighted by molar-refractivity contribution is -0.384. The van der Waals surface area contributed by atoms with Gasteiger partial charge in [-0.3, -0.25) is 14.9 Å². The van der Waals surface area contributed by atoms with Crippen molar-refractivity contribution in [2.24, 2.45) is 5.92 Å².